The van der Waals surface area contributed by atoms with E-state index in [1.54, 1.807) is 18.9 Å². The van der Waals surface area contributed by atoms with Crippen LogP contribution in [0.3, 0.4) is 0 Å². The number of ether oxygens (including phenoxy) is 1. The molecule has 0 spiro atoms. The second-order valence-electron chi connectivity index (χ2n) is 8.62. The van der Waals surface area contributed by atoms with E-state index in [9.17, 15) is 0 Å². The summed E-state index contributed by atoms with van der Waals surface area (Å²) >= 11 is 8.46. The number of anilines is 1. The average Bonchev–Trinajstić information content (AvgIpc) is 3.45. The van der Waals surface area contributed by atoms with Crippen molar-refractivity contribution < 1.29 is 4.74 Å². The highest BCUT2D eigenvalue weighted by atomic mass is 35.5. The van der Waals surface area contributed by atoms with E-state index in [-0.39, 0.29) is 0 Å². The SMILES string of the molecule is CCN(Cc1ccc(SC)cc1)c1c2c(nc3c(-c4ccc(OC)cc4Cl)c(C)nn13)CCC2. The van der Waals surface area contributed by atoms with Gasteiger partial charge in [0.25, 0.3) is 0 Å². The number of aromatic nitrogens is 3. The number of methoxy groups -OCH3 is 1. The number of rotatable bonds is 7. The first-order chi connectivity index (χ1) is 16.5. The molecule has 0 saturated heterocycles. The molecule has 7 heteroatoms. The van der Waals surface area contributed by atoms with Crippen LogP contribution in [-0.4, -0.2) is 34.5 Å². The third kappa shape index (κ3) is 4.03. The van der Waals surface area contributed by atoms with E-state index in [4.69, 9.17) is 26.4 Å². The van der Waals surface area contributed by atoms with E-state index in [0.717, 1.165) is 66.4 Å². The number of hydrogen-bond donors (Lipinski definition) is 0. The molecule has 0 fully saturated rings. The molecule has 0 bridgehead atoms. The third-order valence-electron chi connectivity index (χ3n) is 6.60. The average molecular weight is 493 g/mol. The van der Waals surface area contributed by atoms with E-state index >= 15 is 0 Å². The molecule has 5 rings (SSSR count). The maximum atomic E-state index is 6.69. The van der Waals surface area contributed by atoms with Crippen LogP contribution in [0.4, 0.5) is 5.82 Å². The first kappa shape index (κ1) is 23.1. The maximum absolute atomic E-state index is 6.69. The van der Waals surface area contributed by atoms with Crippen LogP contribution >= 0.6 is 23.4 Å². The summed E-state index contributed by atoms with van der Waals surface area (Å²) < 4.78 is 7.40. The molecule has 2 aromatic carbocycles. The Kier molecular flexibility index (Phi) is 6.45. The summed E-state index contributed by atoms with van der Waals surface area (Å²) in [5.41, 5.74) is 7.51. The highest BCUT2D eigenvalue weighted by Gasteiger charge is 2.27. The Hall–Kier alpha value is -2.70. The molecule has 0 aliphatic heterocycles. The Morgan fingerprint density at radius 3 is 2.62 bits per heavy atom. The summed E-state index contributed by atoms with van der Waals surface area (Å²) in [6, 6.07) is 14.6. The minimum atomic E-state index is 0.641. The van der Waals surface area contributed by atoms with Crippen molar-refractivity contribution in [2.24, 2.45) is 0 Å². The first-order valence-corrected chi connectivity index (χ1v) is 13.3. The summed E-state index contributed by atoms with van der Waals surface area (Å²) in [5.74, 6) is 1.90. The molecular formula is C27H29ClN4OS. The quantitative estimate of drug-likeness (QED) is 0.272. The van der Waals surface area contributed by atoms with Gasteiger partial charge < -0.3 is 9.64 Å². The van der Waals surface area contributed by atoms with Crippen LogP contribution in [0.15, 0.2) is 47.4 Å². The Labute approximate surface area is 210 Å². The zero-order valence-corrected chi connectivity index (χ0v) is 21.6. The molecule has 0 saturated carbocycles. The van der Waals surface area contributed by atoms with E-state index in [0.29, 0.717) is 5.02 Å². The molecule has 1 aliphatic carbocycles. The van der Waals surface area contributed by atoms with Crippen LogP contribution in [0, 0.1) is 6.92 Å². The van der Waals surface area contributed by atoms with Gasteiger partial charge in [-0.1, -0.05) is 23.7 Å². The summed E-state index contributed by atoms with van der Waals surface area (Å²) in [6.45, 7) is 5.96. The monoisotopic (exact) mass is 492 g/mol. The second kappa shape index (κ2) is 9.51. The van der Waals surface area contributed by atoms with Gasteiger partial charge in [0.2, 0.25) is 0 Å². The fourth-order valence-electron chi connectivity index (χ4n) is 4.87. The third-order valence-corrected chi connectivity index (χ3v) is 7.65. The molecule has 0 radical (unpaired) electrons. The van der Waals surface area contributed by atoms with Gasteiger partial charge in [0, 0.05) is 34.8 Å². The second-order valence-corrected chi connectivity index (χ2v) is 9.90. The van der Waals surface area contributed by atoms with Crippen LogP contribution in [0.2, 0.25) is 5.02 Å². The lowest BCUT2D eigenvalue weighted by Crippen LogP contribution is -2.26. The molecule has 0 amide bonds. The van der Waals surface area contributed by atoms with Gasteiger partial charge >= 0.3 is 0 Å². The van der Waals surface area contributed by atoms with Gasteiger partial charge in [-0.25, -0.2) is 4.98 Å². The molecule has 0 atom stereocenters. The highest BCUT2D eigenvalue weighted by molar-refractivity contribution is 7.98. The van der Waals surface area contributed by atoms with Crippen LogP contribution in [0.25, 0.3) is 16.8 Å². The summed E-state index contributed by atoms with van der Waals surface area (Å²) in [7, 11) is 1.65. The van der Waals surface area contributed by atoms with E-state index in [1.165, 1.54) is 21.7 Å². The van der Waals surface area contributed by atoms with Crippen LogP contribution in [0.1, 0.15) is 35.9 Å². The van der Waals surface area contributed by atoms with Crippen LogP contribution < -0.4 is 9.64 Å². The Balaban J connectivity index is 1.66. The lowest BCUT2D eigenvalue weighted by molar-refractivity contribution is 0.415. The first-order valence-electron chi connectivity index (χ1n) is 11.7. The van der Waals surface area contributed by atoms with Crippen molar-refractivity contribution in [2.75, 3.05) is 24.8 Å². The number of benzene rings is 2. The van der Waals surface area contributed by atoms with Crippen molar-refractivity contribution in [3.8, 4) is 16.9 Å². The van der Waals surface area contributed by atoms with Crippen molar-refractivity contribution in [3.63, 3.8) is 0 Å². The van der Waals surface area contributed by atoms with Crippen LogP contribution in [0.5, 0.6) is 5.75 Å². The van der Waals surface area contributed by atoms with Crippen LogP contribution in [-0.2, 0) is 19.4 Å². The molecule has 0 N–H and O–H groups in total. The maximum Gasteiger partial charge on any atom is 0.165 e. The van der Waals surface area contributed by atoms with Gasteiger partial charge in [-0.3, -0.25) is 0 Å². The molecule has 5 nitrogen and oxygen atoms in total. The van der Waals surface area contributed by atoms with Crippen molar-refractivity contribution in [1.29, 1.82) is 0 Å². The number of aryl methyl sites for hydroxylation is 2. The smallest absolute Gasteiger partial charge is 0.165 e. The zero-order chi connectivity index (χ0) is 23.8. The molecule has 1 aliphatic rings. The van der Waals surface area contributed by atoms with Gasteiger partial charge in [0.1, 0.15) is 11.6 Å². The Morgan fingerprint density at radius 2 is 1.94 bits per heavy atom. The minimum Gasteiger partial charge on any atom is -0.497 e. The van der Waals surface area contributed by atoms with E-state index < -0.39 is 0 Å². The largest absolute Gasteiger partial charge is 0.497 e. The minimum absolute atomic E-state index is 0.641. The number of nitrogens with zero attached hydrogens (tertiary/aromatic N) is 4. The van der Waals surface area contributed by atoms with E-state index in [2.05, 4.69) is 46.9 Å². The molecule has 0 unspecified atom stereocenters. The standard InChI is InChI=1S/C27H29ClN4OS/c1-5-31(16-18-9-12-20(34-4)13-10-18)27-22-7-6-8-24(22)29-26-25(17(2)30-32(26)27)21-14-11-19(33-3)15-23(21)28/h9-15H,5-8,16H2,1-4H3. The molecule has 2 heterocycles. The molecule has 34 heavy (non-hydrogen) atoms. The number of halogens is 1. The van der Waals surface area contributed by atoms with Crippen molar-refractivity contribution in [2.45, 2.75) is 44.6 Å². The zero-order valence-electron chi connectivity index (χ0n) is 20.1. The fraction of sp³-hybridized carbons (Fsp3) is 0.333. The molecular weight excluding hydrogens is 464 g/mol. The predicted octanol–water partition coefficient (Wildman–Crippen LogP) is 6.60. The van der Waals surface area contributed by atoms with Gasteiger partial charge in [0.05, 0.1) is 23.4 Å². The van der Waals surface area contributed by atoms with Gasteiger partial charge in [-0.05, 0) is 75.3 Å². The van der Waals surface area contributed by atoms with Crippen molar-refractivity contribution in [3.05, 3.63) is 70.0 Å². The molecule has 4 aromatic rings. The number of hydrogen-bond acceptors (Lipinski definition) is 5. The Bertz CT molecular complexity index is 1350. The lowest BCUT2D eigenvalue weighted by Gasteiger charge is -2.26. The van der Waals surface area contributed by atoms with Crippen molar-refractivity contribution in [1.82, 2.24) is 14.6 Å². The van der Waals surface area contributed by atoms with Gasteiger partial charge in [0.15, 0.2) is 5.65 Å². The van der Waals surface area contributed by atoms with Crippen molar-refractivity contribution >= 4 is 34.8 Å². The van der Waals surface area contributed by atoms with Gasteiger partial charge in [-0.15, -0.1) is 11.8 Å². The normalized spacial score (nSPS) is 12.9. The molecule has 176 valence electrons. The summed E-state index contributed by atoms with van der Waals surface area (Å²) in [4.78, 5) is 8.83. The van der Waals surface area contributed by atoms with Gasteiger partial charge in [-0.2, -0.15) is 9.61 Å². The summed E-state index contributed by atoms with van der Waals surface area (Å²) in [6.07, 6.45) is 5.27. The topological polar surface area (TPSA) is 42.7 Å². The Morgan fingerprint density at radius 1 is 1.15 bits per heavy atom. The number of fused-ring (bicyclic) bond motifs is 2. The lowest BCUT2D eigenvalue weighted by atomic mass is 10.1. The highest BCUT2D eigenvalue weighted by Crippen LogP contribution is 2.39. The summed E-state index contributed by atoms with van der Waals surface area (Å²) in [5, 5.41) is 5.65. The number of thioether (sulfide) groups is 1. The fourth-order valence-corrected chi connectivity index (χ4v) is 5.54. The molecule has 2 aromatic heterocycles. The predicted molar refractivity (Wildman–Crippen MR) is 142 cm³/mol. The van der Waals surface area contributed by atoms with E-state index in [1.807, 2.05) is 25.1 Å².